The third kappa shape index (κ3) is 3.01. The third-order valence-electron chi connectivity index (χ3n) is 2.09. The molecule has 1 fully saturated rings. The molecule has 1 aliphatic rings. The average Bonchev–Trinajstić information content (AvgIpc) is 2.37. The molecular weight excluding hydrogens is 158 g/mol. The van der Waals surface area contributed by atoms with E-state index in [0.717, 1.165) is 24.4 Å². The summed E-state index contributed by atoms with van der Waals surface area (Å²) in [5.41, 5.74) is 0. The Morgan fingerprint density at radius 3 is 3.00 bits per heavy atom. The number of hydrogen-bond acceptors (Lipinski definition) is 3. The summed E-state index contributed by atoms with van der Waals surface area (Å²) in [5.74, 6) is 1.31. The molecule has 0 amide bonds. The Bertz CT molecular complexity index is 110. The van der Waals surface area contributed by atoms with Gasteiger partial charge < -0.3 is 10.1 Å². The van der Waals surface area contributed by atoms with Crippen LogP contribution in [0.15, 0.2) is 0 Å². The molecule has 2 unspecified atom stereocenters. The highest BCUT2D eigenvalue weighted by Crippen LogP contribution is 2.25. The van der Waals surface area contributed by atoms with Gasteiger partial charge >= 0.3 is 0 Å². The summed E-state index contributed by atoms with van der Waals surface area (Å²) in [6.45, 7) is 4.11. The van der Waals surface area contributed by atoms with Crippen LogP contribution in [-0.4, -0.2) is 37.3 Å². The molecular formula is C8H17NOS. The second-order valence-corrected chi connectivity index (χ2v) is 4.40. The normalized spacial score (nSPS) is 31.1. The molecule has 0 aliphatic carbocycles. The van der Waals surface area contributed by atoms with Gasteiger partial charge in [-0.05, 0) is 12.2 Å². The molecule has 66 valence electrons. The lowest BCUT2D eigenvalue weighted by Gasteiger charge is -2.15. The predicted molar refractivity (Wildman–Crippen MR) is 50.2 cm³/mol. The summed E-state index contributed by atoms with van der Waals surface area (Å²) < 4.78 is 4.97. The highest BCUT2D eigenvalue weighted by molar-refractivity contribution is 8.00. The molecule has 0 aromatic carbocycles. The Balaban J connectivity index is 2.05. The van der Waals surface area contributed by atoms with E-state index in [0.29, 0.717) is 0 Å². The number of ether oxygens (including phenoxy) is 1. The van der Waals surface area contributed by atoms with E-state index in [1.54, 1.807) is 7.11 Å². The summed E-state index contributed by atoms with van der Waals surface area (Å²) >= 11 is 2.06. The minimum atomic E-state index is 0.718. The predicted octanol–water partition coefficient (Wildman–Crippen LogP) is 1.12. The second kappa shape index (κ2) is 5.01. The van der Waals surface area contributed by atoms with Crippen molar-refractivity contribution in [3.8, 4) is 0 Å². The minimum Gasteiger partial charge on any atom is -0.383 e. The van der Waals surface area contributed by atoms with Gasteiger partial charge in [0.05, 0.1) is 6.61 Å². The Hall–Kier alpha value is 0.270. The van der Waals surface area contributed by atoms with Crippen molar-refractivity contribution in [3.63, 3.8) is 0 Å². The molecule has 11 heavy (non-hydrogen) atoms. The van der Waals surface area contributed by atoms with Crippen molar-refractivity contribution in [3.05, 3.63) is 0 Å². The highest BCUT2D eigenvalue weighted by Gasteiger charge is 2.22. The van der Waals surface area contributed by atoms with Crippen LogP contribution in [-0.2, 0) is 4.74 Å². The molecule has 3 heteroatoms. The minimum absolute atomic E-state index is 0.718. The van der Waals surface area contributed by atoms with Crippen molar-refractivity contribution in [2.45, 2.75) is 24.6 Å². The van der Waals surface area contributed by atoms with Gasteiger partial charge in [-0.25, -0.2) is 0 Å². The third-order valence-corrected chi connectivity index (χ3v) is 3.41. The van der Waals surface area contributed by atoms with E-state index in [-0.39, 0.29) is 0 Å². The summed E-state index contributed by atoms with van der Waals surface area (Å²) in [6, 6.07) is 0.718. The van der Waals surface area contributed by atoms with Gasteiger partial charge in [-0.15, -0.1) is 0 Å². The molecule has 0 saturated carbocycles. The van der Waals surface area contributed by atoms with E-state index in [1.807, 2.05) is 0 Å². The van der Waals surface area contributed by atoms with Gasteiger partial charge in [-0.2, -0.15) is 11.8 Å². The van der Waals surface area contributed by atoms with Crippen LogP contribution in [0.1, 0.15) is 13.3 Å². The molecule has 1 rings (SSSR count). The van der Waals surface area contributed by atoms with Crippen LogP contribution in [0.4, 0.5) is 0 Å². The number of rotatable bonds is 4. The van der Waals surface area contributed by atoms with Crippen LogP contribution >= 0.6 is 11.8 Å². The fourth-order valence-electron chi connectivity index (χ4n) is 1.35. The molecule has 1 aliphatic heterocycles. The van der Waals surface area contributed by atoms with Crippen LogP contribution in [0.5, 0.6) is 0 Å². The molecule has 2 atom stereocenters. The number of thioether (sulfide) groups is 1. The maximum Gasteiger partial charge on any atom is 0.0587 e. The van der Waals surface area contributed by atoms with E-state index in [2.05, 4.69) is 24.0 Å². The second-order valence-electron chi connectivity index (χ2n) is 2.92. The molecule has 0 spiro atoms. The molecule has 1 heterocycles. The van der Waals surface area contributed by atoms with Crippen LogP contribution in [0.3, 0.4) is 0 Å². The number of hydrogen-bond donors (Lipinski definition) is 1. The SMILES string of the molecule is COCCNC1CCSC1C. The zero-order valence-corrected chi connectivity index (χ0v) is 8.12. The van der Waals surface area contributed by atoms with E-state index in [1.165, 1.54) is 12.2 Å². The van der Waals surface area contributed by atoms with E-state index in [9.17, 15) is 0 Å². The first-order chi connectivity index (χ1) is 5.34. The standard InChI is InChI=1S/C8H17NOS/c1-7-8(3-6-11-7)9-4-5-10-2/h7-9H,3-6H2,1-2H3. The van der Waals surface area contributed by atoms with Crippen LogP contribution in [0.2, 0.25) is 0 Å². The van der Waals surface area contributed by atoms with Crippen LogP contribution in [0, 0.1) is 0 Å². The van der Waals surface area contributed by atoms with Gasteiger partial charge in [0.15, 0.2) is 0 Å². The fraction of sp³-hybridized carbons (Fsp3) is 1.00. The van der Waals surface area contributed by atoms with Gasteiger partial charge in [0, 0.05) is 24.9 Å². The Labute approximate surface area is 73.1 Å². The topological polar surface area (TPSA) is 21.3 Å². The summed E-state index contributed by atoms with van der Waals surface area (Å²) in [4.78, 5) is 0. The lowest BCUT2D eigenvalue weighted by Crippen LogP contribution is -2.35. The zero-order valence-electron chi connectivity index (χ0n) is 7.30. The molecule has 2 nitrogen and oxygen atoms in total. The lowest BCUT2D eigenvalue weighted by atomic mass is 10.2. The van der Waals surface area contributed by atoms with E-state index < -0.39 is 0 Å². The number of nitrogens with one attached hydrogen (secondary N) is 1. The summed E-state index contributed by atoms with van der Waals surface area (Å²) in [6.07, 6.45) is 1.32. The van der Waals surface area contributed by atoms with Gasteiger partial charge in [0.25, 0.3) is 0 Å². The first kappa shape index (κ1) is 9.36. The maximum absolute atomic E-state index is 4.97. The van der Waals surface area contributed by atoms with Gasteiger partial charge in [-0.1, -0.05) is 6.92 Å². The lowest BCUT2D eigenvalue weighted by molar-refractivity contribution is 0.195. The first-order valence-corrected chi connectivity index (χ1v) is 5.23. The molecule has 0 aromatic rings. The molecule has 1 N–H and O–H groups in total. The Morgan fingerprint density at radius 2 is 2.45 bits per heavy atom. The van der Waals surface area contributed by atoms with Crippen molar-refractivity contribution >= 4 is 11.8 Å². The Kier molecular flexibility index (Phi) is 4.26. The summed E-state index contributed by atoms with van der Waals surface area (Å²) in [7, 11) is 1.74. The van der Waals surface area contributed by atoms with Crippen LogP contribution < -0.4 is 5.32 Å². The maximum atomic E-state index is 4.97. The molecule has 0 radical (unpaired) electrons. The monoisotopic (exact) mass is 175 g/mol. The quantitative estimate of drug-likeness (QED) is 0.647. The van der Waals surface area contributed by atoms with Gasteiger partial charge in [0.1, 0.15) is 0 Å². The van der Waals surface area contributed by atoms with Crippen LogP contribution in [0.25, 0.3) is 0 Å². The molecule has 0 aromatic heterocycles. The number of methoxy groups -OCH3 is 1. The van der Waals surface area contributed by atoms with Gasteiger partial charge in [0.2, 0.25) is 0 Å². The van der Waals surface area contributed by atoms with Crippen molar-refractivity contribution in [2.75, 3.05) is 26.0 Å². The summed E-state index contributed by atoms with van der Waals surface area (Å²) in [5, 5.41) is 4.27. The fourth-order valence-corrected chi connectivity index (χ4v) is 2.57. The largest absolute Gasteiger partial charge is 0.383 e. The van der Waals surface area contributed by atoms with Crippen molar-refractivity contribution in [1.82, 2.24) is 5.32 Å². The molecule has 0 bridgehead atoms. The van der Waals surface area contributed by atoms with Crippen molar-refractivity contribution in [1.29, 1.82) is 0 Å². The van der Waals surface area contributed by atoms with Gasteiger partial charge in [-0.3, -0.25) is 0 Å². The average molecular weight is 175 g/mol. The smallest absolute Gasteiger partial charge is 0.0587 e. The van der Waals surface area contributed by atoms with Crippen molar-refractivity contribution < 1.29 is 4.74 Å². The Morgan fingerprint density at radius 1 is 1.64 bits per heavy atom. The van der Waals surface area contributed by atoms with Crippen molar-refractivity contribution in [2.24, 2.45) is 0 Å². The first-order valence-electron chi connectivity index (χ1n) is 4.18. The van der Waals surface area contributed by atoms with E-state index >= 15 is 0 Å². The van der Waals surface area contributed by atoms with E-state index in [4.69, 9.17) is 4.74 Å². The highest BCUT2D eigenvalue weighted by atomic mass is 32.2. The molecule has 1 saturated heterocycles. The zero-order chi connectivity index (χ0) is 8.10.